The van der Waals surface area contributed by atoms with Crippen molar-refractivity contribution in [3.8, 4) is 17.4 Å². The average molecular weight is 289 g/mol. The highest BCUT2D eigenvalue weighted by molar-refractivity contribution is 5.49. The van der Waals surface area contributed by atoms with Crippen LogP contribution in [0.2, 0.25) is 0 Å². The van der Waals surface area contributed by atoms with Crippen molar-refractivity contribution < 1.29 is 14.4 Å². The van der Waals surface area contributed by atoms with Gasteiger partial charge in [-0.2, -0.15) is 0 Å². The molecule has 0 amide bonds. The molecule has 1 heterocycles. The topological polar surface area (TPSA) is 101 Å². The minimum atomic E-state index is -0.502. The van der Waals surface area contributed by atoms with Crippen LogP contribution in [0.15, 0.2) is 36.5 Å². The Kier molecular flexibility index (Phi) is 4.34. The van der Waals surface area contributed by atoms with Crippen molar-refractivity contribution in [1.82, 2.24) is 4.98 Å². The molecule has 2 aromatic rings. The van der Waals surface area contributed by atoms with Crippen molar-refractivity contribution in [2.45, 2.75) is 13.0 Å². The van der Waals surface area contributed by atoms with Gasteiger partial charge < -0.3 is 15.2 Å². The van der Waals surface area contributed by atoms with Gasteiger partial charge in [-0.05, 0) is 24.6 Å². The molecule has 0 saturated heterocycles. The zero-order chi connectivity index (χ0) is 15.4. The lowest BCUT2D eigenvalue weighted by Crippen LogP contribution is -2.05. The molecule has 2 N–H and O–H groups in total. The standard InChI is InChI=1S/C14H15N3O4/c1-9(15)10-5-6-16-14(7-10)21-13-8-11(17(18)19)3-4-12(13)20-2/h3-9H,15H2,1-2H3/t9-/m1/s1. The number of non-ortho nitro benzene ring substituents is 1. The Balaban J connectivity index is 2.35. The van der Waals surface area contributed by atoms with E-state index in [0.29, 0.717) is 11.6 Å². The zero-order valence-electron chi connectivity index (χ0n) is 11.6. The highest BCUT2D eigenvalue weighted by Crippen LogP contribution is 2.34. The number of nitro benzene ring substituents is 1. The maximum absolute atomic E-state index is 10.8. The van der Waals surface area contributed by atoms with Crippen LogP contribution in [-0.2, 0) is 0 Å². The van der Waals surface area contributed by atoms with Crippen LogP contribution in [0.1, 0.15) is 18.5 Å². The SMILES string of the molecule is COc1ccc([N+](=O)[O-])cc1Oc1cc([C@@H](C)N)ccn1. The van der Waals surface area contributed by atoms with Crippen LogP contribution in [0.25, 0.3) is 0 Å². The summed E-state index contributed by atoms with van der Waals surface area (Å²) in [5.41, 5.74) is 6.56. The Hall–Kier alpha value is -2.67. The zero-order valence-corrected chi connectivity index (χ0v) is 11.6. The summed E-state index contributed by atoms with van der Waals surface area (Å²) in [5, 5.41) is 10.8. The summed E-state index contributed by atoms with van der Waals surface area (Å²) in [5.74, 6) is 0.901. The number of nitro groups is 1. The lowest BCUT2D eigenvalue weighted by molar-refractivity contribution is -0.384. The van der Waals surface area contributed by atoms with Gasteiger partial charge in [0.25, 0.3) is 5.69 Å². The highest BCUT2D eigenvalue weighted by atomic mass is 16.6. The van der Waals surface area contributed by atoms with E-state index in [1.54, 1.807) is 18.3 Å². The molecule has 21 heavy (non-hydrogen) atoms. The third-order valence-corrected chi connectivity index (χ3v) is 2.86. The molecule has 1 atom stereocenters. The molecule has 7 heteroatoms. The predicted molar refractivity (Wildman–Crippen MR) is 76.6 cm³/mol. The predicted octanol–water partition coefficient (Wildman–Crippen LogP) is 2.81. The van der Waals surface area contributed by atoms with Crippen molar-refractivity contribution in [2.75, 3.05) is 7.11 Å². The van der Waals surface area contributed by atoms with Crippen LogP contribution in [0.5, 0.6) is 17.4 Å². The van der Waals surface area contributed by atoms with Crippen LogP contribution >= 0.6 is 0 Å². The number of hydrogen-bond donors (Lipinski definition) is 1. The molecule has 0 radical (unpaired) electrons. The second-order valence-corrected chi connectivity index (χ2v) is 4.41. The van der Waals surface area contributed by atoms with Gasteiger partial charge in [0.2, 0.25) is 5.88 Å². The lowest BCUT2D eigenvalue weighted by Gasteiger charge is -2.11. The van der Waals surface area contributed by atoms with E-state index in [1.807, 2.05) is 6.92 Å². The van der Waals surface area contributed by atoms with Gasteiger partial charge in [0, 0.05) is 24.4 Å². The number of benzene rings is 1. The molecule has 1 aromatic carbocycles. The van der Waals surface area contributed by atoms with E-state index in [4.69, 9.17) is 15.2 Å². The van der Waals surface area contributed by atoms with E-state index in [1.165, 1.54) is 25.3 Å². The van der Waals surface area contributed by atoms with Gasteiger partial charge in [0.05, 0.1) is 18.1 Å². The first-order chi connectivity index (χ1) is 10.0. The van der Waals surface area contributed by atoms with Gasteiger partial charge in [0.15, 0.2) is 11.5 Å². The summed E-state index contributed by atoms with van der Waals surface area (Å²) in [4.78, 5) is 14.4. The molecule has 0 aliphatic rings. The molecule has 0 saturated carbocycles. The second-order valence-electron chi connectivity index (χ2n) is 4.41. The average Bonchev–Trinajstić information content (AvgIpc) is 2.47. The lowest BCUT2D eigenvalue weighted by atomic mass is 10.1. The van der Waals surface area contributed by atoms with Crippen LogP contribution in [0, 0.1) is 10.1 Å². The third kappa shape index (κ3) is 3.46. The monoisotopic (exact) mass is 289 g/mol. The Morgan fingerprint density at radius 1 is 1.29 bits per heavy atom. The number of methoxy groups -OCH3 is 1. The number of aromatic nitrogens is 1. The van der Waals surface area contributed by atoms with Gasteiger partial charge in [-0.3, -0.25) is 10.1 Å². The van der Waals surface area contributed by atoms with Crippen LogP contribution in [0.3, 0.4) is 0 Å². The highest BCUT2D eigenvalue weighted by Gasteiger charge is 2.14. The Labute approximate surface area is 121 Å². The molecular formula is C14H15N3O4. The first kappa shape index (κ1) is 14.7. The summed E-state index contributed by atoms with van der Waals surface area (Å²) < 4.78 is 10.7. The molecular weight excluding hydrogens is 274 g/mol. The molecule has 1 aromatic heterocycles. The van der Waals surface area contributed by atoms with E-state index < -0.39 is 4.92 Å². The quantitative estimate of drug-likeness (QED) is 0.671. The van der Waals surface area contributed by atoms with Gasteiger partial charge in [0.1, 0.15) is 0 Å². The van der Waals surface area contributed by atoms with Gasteiger partial charge in [-0.15, -0.1) is 0 Å². The van der Waals surface area contributed by atoms with Crippen molar-refractivity contribution in [2.24, 2.45) is 5.73 Å². The van der Waals surface area contributed by atoms with E-state index in [9.17, 15) is 10.1 Å². The third-order valence-electron chi connectivity index (χ3n) is 2.86. The van der Waals surface area contributed by atoms with Crippen LogP contribution in [-0.4, -0.2) is 17.0 Å². The number of nitrogens with two attached hydrogens (primary N) is 1. The largest absolute Gasteiger partial charge is 0.493 e. The molecule has 0 unspecified atom stereocenters. The Morgan fingerprint density at radius 2 is 2.05 bits per heavy atom. The van der Waals surface area contributed by atoms with Gasteiger partial charge in [-0.1, -0.05) is 0 Å². The maximum Gasteiger partial charge on any atom is 0.273 e. The number of ether oxygens (including phenoxy) is 2. The molecule has 0 bridgehead atoms. The second kappa shape index (κ2) is 6.19. The number of nitrogens with zero attached hydrogens (tertiary/aromatic N) is 2. The van der Waals surface area contributed by atoms with Crippen molar-refractivity contribution in [3.63, 3.8) is 0 Å². The smallest absolute Gasteiger partial charge is 0.273 e. The molecule has 2 rings (SSSR count). The normalized spacial score (nSPS) is 11.8. The number of hydrogen-bond acceptors (Lipinski definition) is 6. The minimum Gasteiger partial charge on any atom is -0.493 e. The van der Waals surface area contributed by atoms with E-state index >= 15 is 0 Å². The van der Waals surface area contributed by atoms with Gasteiger partial charge in [-0.25, -0.2) is 4.98 Å². The molecule has 0 aliphatic carbocycles. The summed E-state index contributed by atoms with van der Waals surface area (Å²) in [7, 11) is 1.46. The van der Waals surface area contributed by atoms with Gasteiger partial charge >= 0.3 is 0 Å². The summed E-state index contributed by atoms with van der Waals surface area (Å²) in [6.45, 7) is 1.84. The Morgan fingerprint density at radius 3 is 2.67 bits per heavy atom. The number of pyridine rings is 1. The van der Waals surface area contributed by atoms with Crippen LogP contribution < -0.4 is 15.2 Å². The fourth-order valence-electron chi connectivity index (χ4n) is 1.74. The summed E-state index contributed by atoms with van der Waals surface area (Å²) >= 11 is 0. The van der Waals surface area contributed by atoms with Crippen molar-refractivity contribution >= 4 is 5.69 Å². The van der Waals surface area contributed by atoms with Crippen molar-refractivity contribution in [3.05, 3.63) is 52.2 Å². The van der Waals surface area contributed by atoms with Crippen molar-refractivity contribution in [1.29, 1.82) is 0 Å². The molecule has 110 valence electrons. The molecule has 0 fully saturated rings. The van der Waals surface area contributed by atoms with E-state index in [0.717, 1.165) is 5.56 Å². The first-order valence-corrected chi connectivity index (χ1v) is 6.23. The Bertz CT molecular complexity index is 658. The molecule has 7 nitrogen and oxygen atoms in total. The fraction of sp³-hybridized carbons (Fsp3) is 0.214. The maximum atomic E-state index is 10.8. The van der Waals surface area contributed by atoms with Crippen LogP contribution in [0.4, 0.5) is 5.69 Å². The summed E-state index contributed by atoms with van der Waals surface area (Å²) in [6.07, 6.45) is 1.57. The molecule has 0 spiro atoms. The summed E-state index contributed by atoms with van der Waals surface area (Å²) in [6, 6.07) is 7.41. The van der Waals surface area contributed by atoms with E-state index in [2.05, 4.69) is 4.98 Å². The minimum absolute atomic E-state index is 0.0888. The fourth-order valence-corrected chi connectivity index (χ4v) is 1.74. The number of rotatable bonds is 5. The molecule has 0 aliphatic heterocycles. The first-order valence-electron chi connectivity index (χ1n) is 6.23. The van der Waals surface area contributed by atoms with E-state index in [-0.39, 0.29) is 17.5 Å².